The van der Waals surface area contributed by atoms with Gasteiger partial charge in [0.15, 0.2) is 5.78 Å². The fourth-order valence-corrected chi connectivity index (χ4v) is 25.7. The van der Waals surface area contributed by atoms with Crippen LogP contribution in [0.4, 0.5) is 5.69 Å². The van der Waals surface area contributed by atoms with Crippen molar-refractivity contribution in [1.29, 1.82) is 0 Å². The van der Waals surface area contributed by atoms with Crippen molar-refractivity contribution >= 4 is 39.0 Å². The number of phenols is 1. The van der Waals surface area contributed by atoms with Crippen LogP contribution in [0.1, 0.15) is 123 Å². The summed E-state index contributed by atoms with van der Waals surface area (Å²) in [7, 11) is 2.53. The first-order valence-corrected chi connectivity index (χ1v) is 33.2. The molecule has 6 heterocycles. The quantitative estimate of drug-likeness (QED) is 0.0834. The Morgan fingerprint density at radius 3 is 2.47 bits per heavy atom. The van der Waals surface area contributed by atoms with E-state index in [2.05, 4.69) is 37.9 Å². The van der Waals surface area contributed by atoms with Gasteiger partial charge in [-0.1, -0.05) is 86.4 Å². The van der Waals surface area contributed by atoms with Gasteiger partial charge in [-0.3, -0.25) is 9.59 Å². The standard InChI is InChI=1S/C64H85N3O12S2/c1-35(2)36(3)52-53(79-52)60(76)18-6-10-39-26-45-46-28-50(72)59(29-51(73)64(78)49(71)13-12-44-38(30-66-23-22-65-34-66)15-20-61(44,64)56(45,59)4)55(75)81-80-32-41-9-5-8-40(31-68)63(41)54(74)67(33-57(63)17-7-11-48(57)70)42-24-37(25-43(69)27-42)14-19-58(39)47(60)16-21-62(46,58)77/h6,10,12-13,22-25,27-28,34-36,38-41,44-45,47-49,51-53,55,68-71,73,75-78H,5,7-9,11,14-21,26,29-33H2,1-4H3. The summed E-state index contributed by atoms with van der Waals surface area (Å²) >= 11 is 0. The third kappa shape index (κ3) is 6.70. The van der Waals surface area contributed by atoms with Gasteiger partial charge in [-0.2, -0.15) is 0 Å². The number of carbonyl (C=O) groups excluding carboxylic acids is 2. The maximum absolute atomic E-state index is 16.7. The molecule has 23 atom stereocenters. The highest BCUT2D eigenvalue weighted by Gasteiger charge is 2.87. The molecule has 17 heteroatoms. The third-order valence-corrected chi connectivity index (χ3v) is 28.9. The van der Waals surface area contributed by atoms with Crippen LogP contribution in [0, 0.1) is 85.8 Å². The van der Waals surface area contributed by atoms with Crippen molar-refractivity contribution in [3.63, 3.8) is 0 Å². The number of amides is 1. The molecule has 81 heavy (non-hydrogen) atoms. The second kappa shape index (κ2) is 18.7. The van der Waals surface area contributed by atoms with Crippen LogP contribution in [-0.4, -0.2) is 139 Å². The van der Waals surface area contributed by atoms with Gasteiger partial charge in [0.2, 0.25) is 5.91 Å². The maximum atomic E-state index is 16.7. The Morgan fingerprint density at radius 2 is 1.73 bits per heavy atom. The molecule has 2 aromatic rings. The fraction of sp³-hybridized carbons (Fsp3) is 0.734. The van der Waals surface area contributed by atoms with Gasteiger partial charge in [-0.05, 0) is 166 Å². The molecule has 16 rings (SSSR count). The van der Waals surface area contributed by atoms with E-state index in [-0.39, 0.29) is 73.8 Å². The zero-order valence-electron chi connectivity index (χ0n) is 47.4. The van der Waals surface area contributed by atoms with Crippen LogP contribution in [0.15, 0.2) is 72.9 Å². The number of aromatic hydroxyl groups is 1. The normalized spacial score (nSPS) is 50.8. The van der Waals surface area contributed by atoms with Gasteiger partial charge in [0.1, 0.15) is 34.6 Å². The lowest BCUT2D eigenvalue weighted by Gasteiger charge is -2.76. The van der Waals surface area contributed by atoms with E-state index in [1.807, 2.05) is 29.8 Å². The molecule has 23 unspecified atom stereocenters. The smallest absolute Gasteiger partial charge is 0.234 e. The number of nitrogens with zero attached hydrogens (tertiary/aromatic N) is 3. The summed E-state index contributed by atoms with van der Waals surface area (Å²) in [6.07, 6.45) is 16.1. The molecule has 9 aliphatic carbocycles. The summed E-state index contributed by atoms with van der Waals surface area (Å²) in [6, 6.07) is 5.31. The maximum Gasteiger partial charge on any atom is 0.234 e. The molecule has 0 radical (unpaired) electrons. The second-order valence-corrected chi connectivity index (χ2v) is 31.1. The first-order chi connectivity index (χ1) is 38.6. The Hall–Kier alpha value is -3.07. The summed E-state index contributed by atoms with van der Waals surface area (Å²) in [4.78, 5) is 39.0. The Kier molecular flexibility index (Phi) is 12.9. The van der Waals surface area contributed by atoms with E-state index in [0.29, 0.717) is 94.2 Å². The summed E-state index contributed by atoms with van der Waals surface area (Å²) < 4.78 is 8.63. The van der Waals surface area contributed by atoms with Crippen molar-refractivity contribution < 1.29 is 60.3 Å². The molecule has 6 saturated carbocycles. The van der Waals surface area contributed by atoms with Crippen molar-refractivity contribution in [2.24, 2.45) is 85.8 Å². The number of aryl methyl sites for hydroxylation is 1. The lowest BCUT2D eigenvalue weighted by molar-refractivity contribution is -0.332. The highest BCUT2D eigenvalue weighted by Crippen LogP contribution is 2.83. The molecule has 5 spiro atoms. The number of allylic oxidation sites excluding steroid dienone is 3. The average Bonchev–Trinajstić information content (AvgIpc) is 2.11. The largest absolute Gasteiger partial charge is 0.508 e. The van der Waals surface area contributed by atoms with Gasteiger partial charge >= 0.3 is 0 Å². The molecule has 440 valence electrons. The van der Waals surface area contributed by atoms with E-state index in [1.54, 1.807) is 41.7 Å². The van der Waals surface area contributed by atoms with Crippen LogP contribution < -0.4 is 4.90 Å². The van der Waals surface area contributed by atoms with Gasteiger partial charge in [-0.15, -0.1) is 0 Å². The monoisotopic (exact) mass is 1150 g/mol. The number of hydrogen-bond donors (Lipinski definition) is 9. The molecule has 1 aromatic carbocycles. The fourth-order valence-electron chi connectivity index (χ4n) is 22.7. The van der Waals surface area contributed by atoms with Gasteiger partial charge < -0.3 is 60.2 Å². The molecule has 1 aromatic heterocycles. The number of fused-ring (bicyclic) bond motifs is 1. The lowest BCUT2D eigenvalue weighted by atomic mass is 9.29. The van der Waals surface area contributed by atoms with E-state index in [9.17, 15) is 46.0 Å². The topological polar surface area (TPSA) is 250 Å². The number of ketones is 1. The van der Waals surface area contributed by atoms with Crippen molar-refractivity contribution in [2.75, 3.05) is 23.8 Å². The first kappa shape index (κ1) is 55.8. The van der Waals surface area contributed by atoms with Gasteiger partial charge in [0, 0.05) is 71.8 Å². The van der Waals surface area contributed by atoms with Gasteiger partial charge in [-0.25, -0.2) is 4.98 Å². The van der Waals surface area contributed by atoms with Crippen molar-refractivity contribution in [2.45, 2.75) is 183 Å². The van der Waals surface area contributed by atoms with Crippen LogP contribution in [0.3, 0.4) is 0 Å². The predicted molar refractivity (Wildman–Crippen MR) is 306 cm³/mol. The minimum atomic E-state index is -2.20. The van der Waals surface area contributed by atoms with E-state index >= 15 is 9.59 Å². The van der Waals surface area contributed by atoms with Crippen molar-refractivity contribution in [3.05, 3.63) is 78.4 Å². The van der Waals surface area contributed by atoms with Crippen LogP contribution in [0.25, 0.3) is 0 Å². The van der Waals surface area contributed by atoms with E-state index in [1.165, 1.54) is 10.8 Å². The third-order valence-electron chi connectivity index (χ3n) is 26.3. The number of imidazole rings is 1. The number of epoxide rings is 1. The number of aromatic nitrogens is 2. The molecule has 8 fully saturated rings. The van der Waals surface area contributed by atoms with Gasteiger partial charge in [0.25, 0.3) is 0 Å². The number of benzene rings is 1. The van der Waals surface area contributed by atoms with E-state index in [0.717, 1.165) is 22.8 Å². The number of aliphatic hydroxyl groups is 8. The average molecular weight is 1150 g/mol. The molecule has 1 amide bonds. The second-order valence-electron chi connectivity index (χ2n) is 28.6. The Labute approximate surface area is 483 Å². The minimum Gasteiger partial charge on any atom is -0.508 e. The lowest BCUT2D eigenvalue weighted by Crippen LogP contribution is -2.82. The van der Waals surface area contributed by atoms with Crippen LogP contribution >= 0.6 is 21.6 Å². The molecular formula is C64H85N3O12S2. The first-order valence-electron chi connectivity index (χ1n) is 30.8. The number of rotatable bonds is 6. The minimum absolute atomic E-state index is 0.0335. The molecule has 14 aliphatic rings. The van der Waals surface area contributed by atoms with Crippen LogP contribution in [0.2, 0.25) is 0 Å². The number of aliphatic hydroxyl groups excluding tert-OH is 5. The molecule has 15 nitrogen and oxygen atoms in total. The zero-order chi connectivity index (χ0) is 56.8. The predicted octanol–water partition coefficient (Wildman–Crippen LogP) is 6.66. The Bertz CT molecular complexity index is 2980. The highest BCUT2D eigenvalue weighted by atomic mass is 33.1. The highest BCUT2D eigenvalue weighted by molar-refractivity contribution is 8.76. The van der Waals surface area contributed by atoms with Crippen molar-refractivity contribution in [3.8, 4) is 5.75 Å². The molecule has 2 saturated heterocycles. The molecular weight excluding hydrogens is 1070 g/mol. The number of phenolic OH excluding ortho intramolecular Hbond substituents is 1. The summed E-state index contributed by atoms with van der Waals surface area (Å²) in [5.74, 6) is -3.15. The SMILES string of the molecule is CC(C)C(C)C1OC1C1(O)CC=CC2CC3C4=CC(=O)C5(CC(O)C6(O)C(O)C=CC7C(Cn8ccnc8)CCC76C35C)C(O)SSCC3CCCC(CO)C35C(=O)N(CC53CCCC3O)c3cc(O)cc(c3)CCC23C1CCC43O. The zero-order valence-corrected chi connectivity index (χ0v) is 49.0. The number of ether oxygens (including phenoxy) is 1. The number of hydrogen-bond acceptors (Lipinski definition) is 15. The van der Waals surface area contributed by atoms with E-state index in [4.69, 9.17) is 4.74 Å². The summed E-state index contributed by atoms with van der Waals surface area (Å²) in [5, 5.41) is 118. The number of anilines is 1. The van der Waals surface area contributed by atoms with Crippen LogP contribution in [0.5, 0.6) is 5.75 Å². The van der Waals surface area contributed by atoms with E-state index < -0.39 is 115 Å². The summed E-state index contributed by atoms with van der Waals surface area (Å²) in [6.45, 7) is 8.97. The molecule has 5 aliphatic heterocycles. The Morgan fingerprint density at radius 1 is 0.914 bits per heavy atom. The Balaban J connectivity index is 1.00. The van der Waals surface area contributed by atoms with Crippen molar-refractivity contribution in [1.82, 2.24) is 9.55 Å². The summed E-state index contributed by atoms with van der Waals surface area (Å²) in [5.41, 5.74) is -13.2. The van der Waals surface area contributed by atoms with Gasteiger partial charge in [0.05, 0.1) is 41.1 Å². The molecule has 8 bridgehead atoms. The number of carbonyl (C=O) groups is 2. The van der Waals surface area contributed by atoms with Crippen LogP contribution in [-0.2, 0) is 27.3 Å². The molecule has 9 N–H and O–H groups in total.